The number of anilines is 2. The van der Waals surface area contributed by atoms with Gasteiger partial charge in [-0.15, -0.1) is 0 Å². The maximum absolute atomic E-state index is 13.0. The quantitative estimate of drug-likeness (QED) is 0.530. The van der Waals surface area contributed by atoms with Crippen LogP contribution in [0.4, 0.5) is 11.4 Å². The predicted molar refractivity (Wildman–Crippen MR) is 134 cm³/mol. The van der Waals surface area contributed by atoms with Gasteiger partial charge in [0.15, 0.2) is 0 Å². The number of halogens is 1. The summed E-state index contributed by atoms with van der Waals surface area (Å²) in [5, 5.41) is 6.17. The summed E-state index contributed by atoms with van der Waals surface area (Å²) in [6.45, 7) is 4.38. The van der Waals surface area contributed by atoms with Gasteiger partial charge in [-0.2, -0.15) is 0 Å². The van der Waals surface area contributed by atoms with E-state index in [1.54, 1.807) is 53.4 Å². The number of nitrogens with one attached hydrogen (secondary N) is 2. The zero-order valence-electron chi connectivity index (χ0n) is 19.0. The van der Waals surface area contributed by atoms with Crippen molar-refractivity contribution in [3.63, 3.8) is 0 Å². The minimum Gasteiger partial charge on any atom is -0.340 e. The van der Waals surface area contributed by atoms with E-state index in [-0.39, 0.29) is 23.6 Å². The second-order valence-corrected chi connectivity index (χ2v) is 9.04. The maximum Gasteiger partial charge on any atom is 0.258 e. The molecule has 0 aliphatic carbocycles. The van der Waals surface area contributed by atoms with E-state index in [9.17, 15) is 14.4 Å². The molecule has 34 heavy (non-hydrogen) atoms. The Morgan fingerprint density at radius 2 is 1.53 bits per heavy atom. The van der Waals surface area contributed by atoms with Crippen molar-refractivity contribution in [2.75, 3.05) is 16.8 Å². The Labute approximate surface area is 203 Å². The molecule has 0 saturated carbocycles. The second kappa shape index (κ2) is 10.1. The molecular weight excluding hydrogens is 450 g/mol. The molecule has 0 spiro atoms. The number of rotatable bonds is 6. The van der Waals surface area contributed by atoms with Gasteiger partial charge in [-0.3, -0.25) is 14.4 Å². The molecule has 7 heteroatoms. The minimum atomic E-state index is -0.731. The normalized spacial score (nSPS) is 13.4. The van der Waals surface area contributed by atoms with Gasteiger partial charge in [-0.1, -0.05) is 43.6 Å². The summed E-state index contributed by atoms with van der Waals surface area (Å²) in [6.07, 6.45) is 0.842. The van der Waals surface area contributed by atoms with Crippen molar-refractivity contribution >= 4 is 40.7 Å². The molecule has 6 nitrogen and oxygen atoms in total. The van der Waals surface area contributed by atoms with Crippen LogP contribution in [-0.2, 0) is 11.2 Å². The van der Waals surface area contributed by atoms with Crippen molar-refractivity contribution in [2.24, 2.45) is 5.92 Å². The summed E-state index contributed by atoms with van der Waals surface area (Å²) in [4.78, 5) is 40.3. The molecule has 1 atom stereocenters. The highest BCUT2D eigenvalue weighted by atomic mass is 35.5. The van der Waals surface area contributed by atoms with Crippen LogP contribution in [0.1, 0.15) is 40.1 Å². The SMILES string of the molecule is CC(C)C(NC(=O)c1ccc(Cl)cc1)C(=O)Nc1ccc(C(=O)N2CCc3ccccc32)cc1. The molecule has 1 aliphatic rings. The van der Waals surface area contributed by atoms with Crippen LogP contribution in [0.3, 0.4) is 0 Å². The molecule has 3 aromatic rings. The first kappa shape index (κ1) is 23.5. The third kappa shape index (κ3) is 5.13. The first-order chi connectivity index (χ1) is 16.3. The molecule has 174 valence electrons. The fourth-order valence-corrected chi connectivity index (χ4v) is 4.11. The van der Waals surface area contributed by atoms with Gasteiger partial charge in [0, 0.05) is 34.1 Å². The van der Waals surface area contributed by atoms with E-state index in [1.165, 1.54) is 5.56 Å². The first-order valence-electron chi connectivity index (χ1n) is 11.2. The number of hydrogen-bond donors (Lipinski definition) is 2. The first-order valence-corrected chi connectivity index (χ1v) is 11.6. The van der Waals surface area contributed by atoms with Gasteiger partial charge in [0.05, 0.1) is 0 Å². The van der Waals surface area contributed by atoms with Crippen LogP contribution in [0.25, 0.3) is 0 Å². The number of amides is 3. The third-order valence-corrected chi connectivity index (χ3v) is 6.13. The Kier molecular flexibility index (Phi) is 6.98. The summed E-state index contributed by atoms with van der Waals surface area (Å²) in [7, 11) is 0. The summed E-state index contributed by atoms with van der Waals surface area (Å²) >= 11 is 5.88. The lowest BCUT2D eigenvalue weighted by molar-refractivity contribution is -0.118. The molecule has 3 aromatic carbocycles. The molecule has 0 saturated heterocycles. The summed E-state index contributed by atoms with van der Waals surface area (Å²) in [6, 6.07) is 20.5. The zero-order chi connectivity index (χ0) is 24.2. The lowest BCUT2D eigenvalue weighted by Gasteiger charge is -2.22. The minimum absolute atomic E-state index is 0.0712. The van der Waals surface area contributed by atoms with Gasteiger partial charge in [0.1, 0.15) is 6.04 Å². The molecule has 0 radical (unpaired) electrons. The Morgan fingerprint density at radius 1 is 0.882 bits per heavy atom. The molecule has 4 rings (SSSR count). The number of benzene rings is 3. The lowest BCUT2D eigenvalue weighted by atomic mass is 10.0. The Morgan fingerprint density at radius 3 is 2.21 bits per heavy atom. The summed E-state index contributed by atoms with van der Waals surface area (Å²) in [5.74, 6) is -0.882. The van der Waals surface area contributed by atoms with Crippen LogP contribution in [0, 0.1) is 5.92 Å². The number of para-hydroxylation sites is 1. The number of carbonyl (C=O) groups excluding carboxylic acids is 3. The van der Waals surface area contributed by atoms with Gasteiger partial charge in [0.25, 0.3) is 11.8 Å². The Hall–Kier alpha value is -3.64. The molecular formula is C27H26ClN3O3. The van der Waals surface area contributed by atoms with Crippen molar-refractivity contribution in [3.8, 4) is 0 Å². The highest BCUT2D eigenvalue weighted by Gasteiger charge is 2.26. The van der Waals surface area contributed by atoms with E-state index in [0.717, 1.165) is 12.1 Å². The second-order valence-electron chi connectivity index (χ2n) is 8.60. The van der Waals surface area contributed by atoms with Crippen LogP contribution >= 0.6 is 11.6 Å². The van der Waals surface area contributed by atoms with E-state index in [4.69, 9.17) is 11.6 Å². The zero-order valence-corrected chi connectivity index (χ0v) is 19.8. The van der Waals surface area contributed by atoms with Crippen molar-refractivity contribution < 1.29 is 14.4 Å². The standard InChI is InChI=1S/C27H26ClN3O3/c1-17(2)24(30-25(32)19-7-11-21(28)12-8-19)26(33)29-22-13-9-20(10-14-22)27(34)31-16-15-18-5-3-4-6-23(18)31/h3-14,17,24H,15-16H2,1-2H3,(H,29,33)(H,30,32). The van der Waals surface area contributed by atoms with Crippen molar-refractivity contribution in [1.29, 1.82) is 0 Å². The molecule has 0 aromatic heterocycles. The number of hydrogen-bond acceptors (Lipinski definition) is 3. The topological polar surface area (TPSA) is 78.5 Å². The Balaban J connectivity index is 1.41. The third-order valence-electron chi connectivity index (χ3n) is 5.87. The van der Waals surface area contributed by atoms with Gasteiger partial charge in [-0.25, -0.2) is 0 Å². The van der Waals surface area contributed by atoms with E-state index < -0.39 is 6.04 Å². The average Bonchev–Trinajstić information content (AvgIpc) is 3.27. The molecule has 1 unspecified atom stereocenters. The predicted octanol–water partition coefficient (Wildman–Crippen LogP) is 4.94. The van der Waals surface area contributed by atoms with Crippen LogP contribution in [0.5, 0.6) is 0 Å². The van der Waals surface area contributed by atoms with Crippen molar-refractivity contribution in [3.05, 3.63) is 94.5 Å². The average molecular weight is 476 g/mol. The van der Waals surface area contributed by atoms with Gasteiger partial charge in [0.2, 0.25) is 5.91 Å². The van der Waals surface area contributed by atoms with E-state index in [0.29, 0.717) is 28.4 Å². The highest BCUT2D eigenvalue weighted by molar-refractivity contribution is 6.30. The van der Waals surface area contributed by atoms with Crippen LogP contribution in [-0.4, -0.2) is 30.3 Å². The smallest absolute Gasteiger partial charge is 0.258 e. The van der Waals surface area contributed by atoms with Gasteiger partial charge in [-0.05, 0) is 72.5 Å². The van der Waals surface area contributed by atoms with E-state index in [2.05, 4.69) is 10.6 Å². The number of carbonyl (C=O) groups is 3. The summed E-state index contributed by atoms with van der Waals surface area (Å²) in [5.41, 5.74) is 3.64. The summed E-state index contributed by atoms with van der Waals surface area (Å²) < 4.78 is 0. The number of nitrogens with zero attached hydrogens (tertiary/aromatic N) is 1. The van der Waals surface area contributed by atoms with Crippen LogP contribution < -0.4 is 15.5 Å². The van der Waals surface area contributed by atoms with E-state index in [1.807, 2.05) is 38.1 Å². The van der Waals surface area contributed by atoms with Gasteiger partial charge < -0.3 is 15.5 Å². The fraction of sp³-hybridized carbons (Fsp3) is 0.222. The van der Waals surface area contributed by atoms with E-state index >= 15 is 0 Å². The van der Waals surface area contributed by atoms with Crippen LogP contribution in [0.15, 0.2) is 72.8 Å². The largest absolute Gasteiger partial charge is 0.340 e. The molecule has 3 amide bonds. The molecule has 1 heterocycles. The monoisotopic (exact) mass is 475 g/mol. The molecule has 0 fully saturated rings. The number of fused-ring (bicyclic) bond motifs is 1. The highest BCUT2D eigenvalue weighted by Crippen LogP contribution is 2.29. The lowest BCUT2D eigenvalue weighted by Crippen LogP contribution is -2.47. The van der Waals surface area contributed by atoms with Gasteiger partial charge >= 0.3 is 0 Å². The maximum atomic E-state index is 13.0. The fourth-order valence-electron chi connectivity index (χ4n) is 3.98. The van der Waals surface area contributed by atoms with Crippen molar-refractivity contribution in [1.82, 2.24) is 5.32 Å². The molecule has 0 bridgehead atoms. The molecule has 1 aliphatic heterocycles. The Bertz CT molecular complexity index is 1210. The van der Waals surface area contributed by atoms with Crippen molar-refractivity contribution in [2.45, 2.75) is 26.3 Å². The van der Waals surface area contributed by atoms with Crippen LogP contribution in [0.2, 0.25) is 5.02 Å². The molecule has 2 N–H and O–H groups in total.